The van der Waals surface area contributed by atoms with Crippen molar-refractivity contribution in [3.05, 3.63) is 36.2 Å². The highest BCUT2D eigenvalue weighted by Crippen LogP contribution is 2.30. The Labute approximate surface area is 114 Å². The molecule has 0 saturated carbocycles. The van der Waals surface area contributed by atoms with Gasteiger partial charge >= 0.3 is 0 Å². The summed E-state index contributed by atoms with van der Waals surface area (Å²) < 4.78 is 0. The molecule has 0 atom stereocenters. The first-order chi connectivity index (χ1) is 9.26. The van der Waals surface area contributed by atoms with Gasteiger partial charge in [0.25, 0.3) is 0 Å². The van der Waals surface area contributed by atoms with Crippen molar-refractivity contribution in [2.24, 2.45) is 0 Å². The van der Waals surface area contributed by atoms with Gasteiger partial charge in [0.05, 0.1) is 6.33 Å². The normalized spacial score (nSPS) is 10.8. The second-order valence-corrected chi connectivity index (χ2v) is 5.18. The number of H-pyrrole nitrogens is 1. The number of anilines is 1. The molecule has 0 bridgehead atoms. The molecule has 3 aromatic rings. The van der Waals surface area contributed by atoms with Crippen LogP contribution in [0.1, 0.15) is 5.56 Å². The number of nitrogens with zero attached hydrogens (tertiary/aromatic N) is 3. The Morgan fingerprint density at radius 3 is 2.68 bits per heavy atom. The van der Waals surface area contributed by atoms with E-state index in [1.54, 1.807) is 25.1 Å². The molecule has 0 radical (unpaired) electrons. The van der Waals surface area contributed by atoms with Crippen molar-refractivity contribution in [3.63, 3.8) is 0 Å². The number of benzene rings is 1. The minimum absolute atomic E-state index is 0.578. The Kier molecular flexibility index (Phi) is 3.08. The average Bonchev–Trinajstić information content (AvgIpc) is 2.89. The molecule has 0 amide bonds. The minimum Gasteiger partial charge on any atom is -0.357 e. The van der Waals surface area contributed by atoms with Crippen LogP contribution in [0, 0.1) is 6.92 Å². The lowest BCUT2D eigenvalue weighted by atomic mass is 10.2. The third kappa shape index (κ3) is 2.39. The van der Waals surface area contributed by atoms with Crippen molar-refractivity contribution in [3.8, 4) is 0 Å². The third-order valence-corrected chi connectivity index (χ3v) is 3.71. The Morgan fingerprint density at radius 1 is 1.16 bits per heavy atom. The maximum atomic E-state index is 4.48. The summed E-state index contributed by atoms with van der Waals surface area (Å²) in [5.41, 5.74) is 2.79. The van der Waals surface area contributed by atoms with Crippen molar-refractivity contribution < 1.29 is 0 Å². The fraction of sp³-hybridized carbons (Fsp3) is 0.154. The van der Waals surface area contributed by atoms with Gasteiger partial charge in [-0.2, -0.15) is 4.98 Å². The fourth-order valence-electron chi connectivity index (χ4n) is 1.71. The second kappa shape index (κ2) is 4.89. The summed E-state index contributed by atoms with van der Waals surface area (Å²) in [6.07, 6.45) is 1.64. The van der Waals surface area contributed by atoms with Crippen LogP contribution in [0.15, 0.2) is 40.5 Å². The summed E-state index contributed by atoms with van der Waals surface area (Å²) >= 11 is 1.60. The molecule has 0 saturated heterocycles. The number of hydrogen-bond acceptors (Lipinski definition) is 5. The van der Waals surface area contributed by atoms with Gasteiger partial charge in [0.15, 0.2) is 5.65 Å². The Balaban J connectivity index is 2.03. The zero-order chi connectivity index (χ0) is 13.2. The van der Waals surface area contributed by atoms with Crippen molar-refractivity contribution in [2.45, 2.75) is 16.8 Å². The van der Waals surface area contributed by atoms with E-state index in [1.165, 1.54) is 5.56 Å². The number of aromatic nitrogens is 4. The molecule has 2 aromatic heterocycles. The number of nitrogens with one attached hydrogen (secondary N) is 2. The lowest BCUT2D eigenvalue weighted by Crippen LogP contribution is -1.98. The predicted octanol–water partition coefficient (Wildman–Crippen LogP) is 2.85. The van der Waals surface area contributed by atoms with Crippen LogP contribution in [0.5, 0.6) is 0 Å². The van der Waals surface area contributed by atoms with Crippen LogP contribution in [0.3, 0.4) is 0 Å². The Bertz CT molecular complexity index is 705. The van der Waals surface area contributed by atoms with E-state index in [2.05, 4.69) is 56.4 Å². The van der Waals surface area contributed by atoms with Crippen molar-refractivity contribution in [2.75, 3.05) is 12.4 Å². The van der Waals surface area contributed by atoms with E-state index in [1.807, 2.05) is 0 Å². The van der Waals surface area contributed by atoms with Gasteiger partial charge in [-0.3, -0.25) is 0 Å². The average molecular weight is 271 g/mol. The third-order valence-electron chi connectivity index (χ3n) is 2.71. The minimum atomic E-state index is 0.578. The van der Waals surface area contributed by atoms with Crippen LogP contribution < -0.4 is 5.32 Å². The van der Waals surface area contributed by atoms with Gasteiger partial charge in [-0.05, 0) is 19.1 Å². The number of fused-ring (bicyclic) bond motifs is 1. The van der Waals surface area contributed by atoms with E-state index in [0.29, 0.717) is 11.6 Å². The molecule has 0 spiro atoms. The first kappa shape index (κ1) is 12.0. The number of imidazole rings is 1. The van der Waals surface area contributed by atoms with E-state index in [9.17, 15) is 0 Å². The number of aryl methyl sites for hydroxylation is 1. The maximum absolute atomic E-state index is 4.48. The SMILES string of the molecule is CNc1nc(Sc2ccc(C)cc2)c2[nH]cnc2n1. The molecule has 0 unspecified atom stereocenters. The Morgan fingerprint density at radius 2 is 1.95 bits per heavy atom. The highest BCUT2D eigenvalue weighted by atomic mass is 32.2. The first-order valence-electron chi connectivity index (χ1n) is 5.89. The summed E-state index contributed by atoms with van der Waals surface area (Å²) in [6, 6.07) is 8.35. The zero-order valence-corrected chi connectivity index (χ0v) is 11.5. The number of rotatable bonds is 3. The smallest absolute Gasteiger partial charge is 0.225 e. The molecule has 3 rings (SSSR count). The van der Waals surface area contributed by atoms with Crippen LogP contribution >= 0.6 is 11.8 Å². The highest BCUT2D eigenvalue weighted by Gasteiger charge is 2.10. The van der Waals surface area contributed by atoms with Crippen molar-refractivity contribution in [1.82, 2.24) is 19.9 Å². The molecule has 96 valence electrons. The van der Waals surface area contributed by atoms with Gasteiger partial charge < -0.3 is 10.3 Å². The summed E-state index contributed by atoms with van der Waals surface area (Å²) in [5.74, 6) is 0.578. The van der Waals surface area contributed by atoms with Gasteiger partial charge in [-0.25, -0.2) is 9.97 Å². The van der Waals surface area contributed by atoms with E-state index in [4.69, 9.17) is 0 Å². The summed E-state index contributed by atoms with van der Waals surface area (Å²) in [6.45, 7) is 2.07. The molecule has 0 aliphatic rings. The van der Waals surface area contributed by atoms with Crippen molar-refractivity contribution in [1.29, 1.82) is 0 Å². The van der Waals surface area contributed by atoms with Crippen molar-refractivity contribution >= 4 is 28.9 Å². The lowest BCUT2D eigenvalue weighted by Gasteiger charge is -2.05. The molecule has 1 aromatic carbocycles. The molecule has 5 nitrogen and oxygen atoms in total. The molecule has 19 heavy (non-hydrogen) atoms. The summed E-state index contributed by atoms with van der Waals surface area (Å²) in [7, 11) is 1.80. The number of aromatic amines is 1. The number of hydrogen-bond donors (Lipinski definition) is 2. The van der Waals surface area contributed by atoms with Crippen LogP contribution in [-0.4, -0.2) is 27.0 Å². The van der Waals surface area contributed by atoms with E-state index in [-0.39, 0.29) is 0 Å². The molecular formula is C13H13N5S. The topological polar surface area (TPSA) is 66.5 Å². The van der Waals surface area contributed by atoms with E-state index >= 15 is 0 Å². The van der Waals surface area contributed by atoms with E-state index in [0.717, 1.165) is 15.4 Å². The highest BCUT2D eigenvalue weighted by molar-refractivity contribution is 7.99. The summed E-state index contributed by atoms with van der Waals surface area (Å²) in [5, 5.41) is 3.83. The molecule has 0 aliphatic carbocycles. The standard InChI is InChI=1S/C13H13N5S/c1-8-3-5-9(6-4-8)19-12-10-11(16-7-15-10)17-13(14-2)18-12/h3-7H,1-2H3,(H2,14,15,16,17,18). The monoisotopic (exact) mass is 271 g/mol. The van der Waals surface area contributed by atoms with Crippen LogP contribution in [-0.2, 0) is 0 Å². The molecular weight excluding hydrogens is 258 g/mol. The molecule has 0 aliphatic heterocycles. The van der Waals surface area contributed by atoms with Gasteiger partial charge in [0, 0.05) is 11.9 Å². The lowest BCUT2D eigenvalue weighted by molar-refractivity contribution is 1.08. The van der Waals surface area contributed by atoms with Gasteiger partial charge in [0.1, 0.15) is 10.5 Å². The predicted molar refractivity (Wildman–Crippen MR) is 76.5 cm³/mol. The quantitative estimate of drug-likeness (QED) is 0.717. The van der Waals surface area contributed by atoms with Gasteiger partial charge in [-0.1, -0.05) is 29.5 Å². The van der Waals surface area contributed by atoms with E-state index < -0.39 is 0 Å². The fourth-order valence-corrected chi connectivity index (χ4v) is 2.59. The maximum Gasteiger partial charge on any atom is 0.225 e. The van der Waals surface area contributed by atoms with Crippen LogP contribution in [0.4, 0.5) is 5.95 Å². The molecule has 0 fully saturated rings. The van der Waals surface area contributed by atoms with Crippen LogP contribution in [0.2, 0.25) is 0 Å². The van der Waals surface area contributed by atoms with Gasteiger partial charge in [-0.15, -0.1) is 0 Å². The Hall–Kier alpha value is -2.08. The largest absolute Gasteiger partial charge is 0.357 e. The molecule has 6 heteroatoms. The molecule has 2 N–H and O–H groups in total. The van der Waals surface area contributed by atoms with Gasteiger partial charge in [0.2, 0.25) is 5.95 Å². The first-order valence-corrected chi connectivity index (χ1v) is 6.71. The summed E-state index contributed by atoms with van der Waals surface area (Å²) in [4.78, 5) is 17.2. The molecule has 2 heterocycles. The zero-order valence-electron chi connectivity index (χ0n) is 10.6. The van der Waals surface area contributed by atoms with Crippen LogP contribution in [0.25, 0.3) is 11.2 Å². The second-order valence-electron chi connectivity index (χ2n) is 4.12.